The van der Waals surface area contributed by atoms with E-state index in [1.54, 1.807) is 6.20 Å². The highest BCUT2D eigenvalue weighted by molar-refractivity contribution is 6.31. The van der Waals surface area contributed by atoms with Gasteiger partial charge in [-0.15, -0.1) is 5.10 Å². The van der Waals surface area contributed by atoms with Crippen molar-refractivity contribution >= 4 is 17.3 Å². The summed E-state index contributed by atoms with van der Waals surface area (Å²) in [6, 6.07) is 0. The van der Waals surface area contributed by atoms with Gasteiger partial charge in [0.15, 0.2) is 5.15 Å². The Morgan fingerprint density at radius 1 is 1.38 bits per heavy atom. The van der Waals surface area contributed by atoms with Crippen LogP contribution in [0.15, 0.2) is 6.20 Å². The molecular weight excluding hydrogens is 186 g/mol. The Balaban J connectivity index is 2.33. The van der Waals surface area contributed by atoms with E-state index in [0.717, 1.165) is 5.56 Å². The van der Waals surface area contributed by atoms with Gasteiger partial charge in [-0.3, -0.25) is 0 Å². The SMILES string of the molecule is Nc1c(C2CCCC2)cnnc1Cl. The molecule has 1 aliphatic carbocycles. The van der Waals surface area contributed by atoms with E-state index in [4.69, 9.17) is 17.3 Å². The predicted molar refractivity (Wildman–Crippen MR) is 52.7 cm³/mol. The third-order valence-electron chi connectivity index (χ3n) is 2.67. The number of hydrogen-bond donors (Lipinski definition) is 1. The van der Waals surface area contributed by atoms with Crippen molar-refractivity contribution in [1.82, 2.24) is 10.2 Å². The first kappa shape index (κ1) is 8.75. The van der Waals surface area contributed by atoms with E-state index in [2.05, 4.69) is 10.2 Å². The highest BCUT2D eigenvalue weighted by Crippen LogP contribution is 2.37. The third-order valence-corrected chi connectivity index (χ3v) is 2.95. The van der Waals surface area contributed by atoms with Gasteiger partial charge >= 0.3 is 0 Å². The van der Waals surface area contributed by atoms with Crippen molar-refractivity contribution in [2.24, 2.45) is 0 Å². The Morgan fingerprint density at radius 3 is 2.77 bits per heavy atom. The molecule has 1 fully saturated rings. The molecule has 0 radical (unpaired) electrons. The second-order valence-corrected chi connectivity index (χ2v) is 3.84. The van der Waals surface area contributed by atoms with E-state index in [1.807, 2.05) is 0 Å². The number of halogens is 1. The zero-order valence-corrected chi connectivity index (χ0v) is 8.09. The molecule has 1 aliphatic rings. The quantitative estimate of drug-likeness (QED) is 0.752. The van der Waals surface area contributed by atoms with Gasteiger partial charge in [0, 0.05) is 5.56 Å². The molecule has 0 aliphatic heterocycles. The van der Waals surface area contributed by atoms with E-state index >= 15 is 0 Å². The van der Waals surface area contributed by atoms with E-state index in [0.29, 0.717) is 16.8 Å². The second kappa shape index (κ2) is 3.50. The molecule has 0 aromatic carbocycles. The lowest BCUT2D eigenvalue weighted by Crippen LogP contribution is -2.02. The summed E-state index contributed by atoms with van der Waals surface area (Å²) in [6.45, 7) is 0. The fourth-order valence-electron chi connectivity index (χ4n) is 1.95. The molecule has 1 aromatic heterocycles. The van der Waals surface area contributed by atoms with Crippen LogP contribution in [0.25, 0.3) is 0 Å². The summed E-state index contributed by atoms with van der Waals surface area (Å²) in [5.74, 6) is 0.549. The van der Waals surface area contributed by atoms with Crippen LogP contribution in [0.2, 0.25) is 5.15 Å². The first-order valence-corrected chi connectivity index (χ1v) is 4.93. The number of anilines is 1. The highest BCUT2D eigenvalue weighted by Gasteiger charge is 2.20. The summed E-state index contributed by atoms with van der Waals surface area (Å²) in [4.78, 5) is 0. The molecule has 1 heterocycles. The molecule has 0 unspecified atom stereocenters. The molecule has 3 nitrogen and oxygen atoms in total. The first-order chi connectivity index (χ1) is 6.29. The lowest BCUT2D eigenvalue weighted by Gasteiger charge is -2.11. The maximum Gasteiger partial charge on any atom is 0.174 e. The normalized spacial score (nSPS) is 17.9. The highest BCUT2D eigenvalue weighted by atomic mass is 35.5. The fraction of sp³-hybridized carbons (Fsp3) is 0.556. The molecule has 2 rings (SSSR count). The van der Waals surface area contributed by atoms with Crippen molar-refractivity contribution in [3.63, 3.8) is 0 Å². The van der Waals surface area contributed by atoms with Gasteiger partial charge in [-0.05, 0) is 18.8 Å². The first-order valence-electron chi connectivity index (χ1n) is 4.55. The maximum atomic E-state index is 5.83. The van der Waals surface area contributed by atoms with Crippen molar-refractivity contribution in [2.75, 3.05) is 5.73 Å². The Hall–Kier alpha value is -0.830. The van der Waals surface area contributed by atoms with Crippen molar-refractivity contribution in [1.29, 1.82) is 0 Å². The van der Waals surface area contributed by atoms with Gasteiger partial charge in [-0.1, -0.05) is 24.4 Å². The van der Waals surface area contributed by atoms with Crippen LogP contribution in [0.4, 0.5) is 5.69 Å². The molecule has 0 amide bonds. The van der Waals surface area contributed by atoms with Crippen LogP contribution in [0.5, 0.6) is 0 Å². The summed E-state index contributed by atoms with van der Waals surface area (Å²) in [7, 11) is 0. The minimum atomic E-state index is 0.337. The van der Waals surface area contributed by atoms with Gasteiger partial charge in [0.25, 0.3) is 0 Å². The molecule has 1 saturated carbocycles. The van der Waals surface area contributed by atoms with Crippen LogP contribution in [0.3, 0.4) is 0 Å². The summed E-state index contributed by atoms with van der Waals surface area (Å²) < 4.78 is 0. The maximum absolute atomic E-state index is 5.83. The largest absolute Gasteiger partial charge is 0.396 e. The minimum Gasteiger partial charge on any atom is -0.396 e. The molecule has 0 saturated heterocycles. The van der Waals surface area contributed by atoms with Gasteiger partial charge in [-0.25, -0.2) is 0 Å². The molecule has 70 valence electrons. The lowest BCUT2D eigenvalue weighted by atomic mass is 9.99. The molecule has 4 heteroatoms. The van der Waals surface area contributed by atoms with Crippen LogP contribution >= 0.6 is 11.6 Å². The molecular formula is C9H12ClN3. The van der Waals surface area contributed by atoms with E-state index in [-0.39, 0.29) is 0 Å². The Labute approximate surface area is 82.3 Å². The van der Waals surface area contributed by atoms with Crippen molar-refractivity contribution in [3.05, 3.63) is 16.9 Å². The van der Waals surface area contributed by atoms with Gasteiger partial charge < -0.3 is 5.73 Å². The predicted octanol–water partition coefficient (Wildman–Crippen LogP) is 2.37. The van der Waals surface area contributed by atoms with E-state index in [1.165, 1.54) is 25.7 Å². The van der Waals surface area contributed by atoms with Gasteiger partial charge in [0.1, 0.15) is 0 Å². The molecule has 0 spiro atoms. The van der Waals surface area contributed by atoms with Gasteiger partial charge in [-0.2, -0.15) is 5.10 Å². The number of nitrogen functional groups attached to an aromatic ring is 1. The average Bonchev–Trinajstić information content (AvgIpc) is 2.62. The summed E-state index contributed by atoms with van der Waals surface area (Å²) in [5, 5.41) is 7.87. The van der Waals surface area contributed by atoms with Crippen LogP contribution in [-0.4, -0.2) is 10.2 Å². The molecule has 1 aromatic rings. The summed E-state index contributed by atoms with van der Waals surface area (Å²) in [6.07, 6.45) is 6.71. The zero-order chi connectivity index (χ0) is 9.26. The molecule has 2 N–H and O–H groups in total. The molecule has 0 bridgehead atoms. The van der Waals surface area contributed by atoms with Crippen molar-refractivity contribution in [3.8, 4) is 0 Å². The zero-order valence-electron chi connectivity index (χ0n) is 7.33. The average molecular weight is 198 g/mol. The molecule has 13 heavy (non-hydrogen) atoms. The second-order valence-electron chi connectivity index (χ2n) is 3.49. The monoisotopic (exact) mass is 197 g/mol. The van der Waals surface area contributed by atoms with Gasteiger partial charge in [0.05, 0.1) is 11.9 Å². The van der Waals surface area contributed by atoms with E-state index < -0.39 is 0 Å². The summed E-state index contributed by atoms with van der Waals surface area (Å²) >= 11 is 5.79. The number of nitrogens with zero attached hydrogens (tertiary/aromatic N) is 2. The number of rotatable bonds is 1. The standard InChI is InChI=1S/C9H12ClN3/c10-9-8(11)7(5-12-13-9)6-3-1-2-4-6/h5-6H,1-4H2,(H2,11,12). The van der Waals surface area contributed by atoms with Crippen molar-refractivity contribution in [2.45, 2.75) is 31.6 Å². The van der Waals surface area contributed by atoms with Gasteiger partial charge in [0.2, 0.25) is 0 Å². The minimum absolute atomic E-state index is 0.337. The fourth-order valence-corrected chi connectivity index (χ4v) is 2.10. The topological polar surface area (TPSA) is 51.8 Å². The molecule has 0 atom stereocenters. The van der Waals surface area contributed by atoms with Crippen LogP contribution in [0, 0.1) is 0 Å². The number of hydrogen-bond acceptors (Lipinski definition) is 3. The Morgan fingerprint density at radius 2 is 2.08 bits per heavy atom. The third kappa shape index (κ3) is 1.61. The number of aromatic nitrogens is 2. The Bertz CT molecular complexity index is 308. The van der Waals surface area contributed by atoms with Crippen LogP contribution in [-0.2, 0) is 0 Å². The smallest absolute Gasteiger partial charge is 0.174 e. The number of nitrogens with two attached hydrogens (primary N) is 1. The summed E-state index contributed by atoms with van der Waals surface area (Å²) in [5.41, 5.74) is 7.52. The Kier molecular flexibility index (Phi) is 2.36. The van der Waals surface area contributed by atoms with E-state index in [9.17, 15) is 0 Å². The van der Waals surface area contributed by atoms with Crippen LogP contribution < -0.4 is 5.73 Å². The van der Waals surface area contributed by atoms with Crippen LogP contribution in [0.1, 0.15) is 37.2 Å². The lowest BCUT2D eigenvalue weighted by molar-refractivity contribution is 0.717. The van der Waals surface area contributed by atoms with Crippen molar-refractivity contribution < 1.29 is 0 Å².